The molecule has 2 amide bonds. The molecule has 1 aliphatic rings. The molecule has 1 heterocycles. The van der Waals surface area contributed by atoms with Crippen LogP contribution in [0.1, 0.15) is 24.8 Å². The summed E-state index contributed by atoms with van der Waals surface area (Å²) in [5.41, 5.74) is 1.04. The molecule has 5 heteroatoms. The molecule has 104 valence electrons. The lowest BCUT2D eigenvalue weighted by Gasteiger charge is -2.16. The van der Waals surface area contributed by atoms with Gasteiger partial charge >= 0.3 is 6.03 Å². The van der Waals surface area contributed by atoms with E-state index in [-0.39, 0.29) is 12.1 Å². The molecule has 3 N–H and O–H groups in total. The number of hydrogen-bond acceptors (Lipinski definition) is 2. The van der Waals surface area contributed by atoms with E-state index in [1.165, 1.54) is 6.42 Å². The largest absolute Gasteiger partial charge is 0.334 e. The minimum Gasteiger partial charge on any atom is -0.334 e. The van der Waals surface area contributed by atoms with E-state index in [2.05, 4.69) is 16.0 Å². The quantitative estimate of drug-likeness (QED) is 0.796. The monoisotopic (exact) mass is 281 g/mol. The Kier molecular flexibility index (Phi) is 5.48. The Morgan fingerprint density at radius 3 is 2.89 bits per heavy atom. The summed E-state index contributed by atoms with van der Waals surface area (Å²) < 4.78 is 0. The van der Waals surface area contributed by atoms with Crippen LogP contribution in [0.15, 0.2) is 24.3 Å². The van der Waals surface area contributed by atoms with Crippen LogP contribution in [0.5, 0.6) is 0 Å². The summed E-state index contributed by atoms with van der Waals surface area (Å²) in [6.07, 6.45) is 3.39. The lowest BCUT2D eigenvalue weighted by Crippen LogP contribution is -2.45. The molecule has 0 aromatic heterocycles. The Labute approximate surface area is 118 Å². The Bertz CT molecular complexity index is 400. The molecule has 1 aromatic carbocycles. The first-order valence-electron chi connectivity index (χ1n) is 6.73. The zero-order valence-electron chi connectivity index (χ0n) is 10.9. The molecule has 0 bridgehead atoms. The first-order valence-corrected chi connectivity index (χ1v) is 7.11. The highest BCUT2D eigenvalue weighted by Crippen LogP contribution is 2.09. The van der Waals surface area contributed by atoms with Crippen LogP contribution in [-0.2, 0) is 6.54 Å². The fraction of sp³-hybridized carbons (Fsp3) is 0.500. The molecule has 19 heavy (non-hydrogen) atoms. The van der Waals surface area contributed by atoms with E-state index in [1.807, 2.05) is 24.3 Å². The molecule has 1 aromatic rings. The molecule has 4 nitrogen and oxygen atoms in total. The number of amides is 2. The second-order valence-corrected chi connectivity index (χ2v) is 5.29. The van der Waals surface area contributed by atoms with Crippen molar-refractivity contribution >= 4 is 17.6 Å². The Morgan fingerprint density at radius 2 is 2.11 bits per heavy atom. The van der Waals surface area contributed by atoms with Crippen LogP contribution in [-0.4, -0.2) is 25.2 Å². The molecule has 1 atom stereocenters. The number of urea groups is 1. The van der Waals surface area contributed by atoms with Gasteiger partial charge in [0, 0.05) is 24.2 Å². The summed E-state index contributed by atoms with van der Waals surface area (Å²) >= 11 is 5.81. The molecule has 1 fully saturated rings. The molecule has 2 rings (SSSR count). The Balaban J connectivity index is 1.73. The number of halogens is 1. The third kappa shape index (κ3) is 5.09. The molecule has 1 unspecified atom stereocenters. The van der Waals surface area contributed by atoms with Gasteiger partial charge in [0.1, 0.15) is 0 Å². The third-order valence-corrected chi connectivity index (χ3v) is 3.50. The SMILES string of the molecule is O=C(NCc1ccc(Cl)cc1)NC1CCCCNC1. The fourth-order valence-electron chi connectivity index (χ4n) is 2.16. The lowest BCUT2D eigenvalue weighted by molar-refractivity contribution is 0.236. The molecule has 0 radical (unpaired) electrons. The molecule has 0 spiro atoms. The van der Waals surface area contributed by atoms with Crippen LogP contribution in [0.2, 0.25) is 5.02 Å². The van der Waals surface area contributed by atoms with E-state index in [0.29, 0.717) is 11.6 Å². The van der Waals surface area contributed by atoms with Crippen molar-refractivity contribution < 1.29 is 4.79 Å². The lowest BCUT2D eigenvalue weighted by atomic mass is 10.1. The van der Waals surface area contributed by atoms with Crippen LogP contribution in [0, 0.1) is 0 Å². The van der Waals surface area contributed by atoms with Gasteiger partial charge in [0.05, 0.1) is 0 Å². The van der Waals surface area contributed by atoms with Gasteiger partial charge < -0.3 is 16.0 Å². The van der Waals surface area contributed by atoms with Gasteiger partial charge in [-0.3, -0.25) is 0 Å². The highest BCUT2D eigenvalue weighted by Gasteiger charge is 2.13. The van der Waals surface area contributed by atoms with Crippen molar-refractivity contribution in [2.24, 2.45) is 0 Å². The number of benzene rings is 1. The first-order chi connectivity index (χ1) is 9.24. The summed E-state index contributed by atoms with van der Waals surface area (Å²) in [6.45, 7) is 2.42. The summed E-state index contributed by atoms with van der Waals surface area (Å²) in [4.78, 5) is 11.8. The first kappa shape index (κ1) is 14.2. The average Bonchev–Trinajstić information content (AvgIpc) is 2.67. The highest BCUT2D eigenvalue weighted by atomic mass is 35.5. The van der Waals surface area contributed by atoms with Crippen molar-refractivity contribution in [2.45, 2.75) is 31.8 Å². The average molecular weight is 282 g/mol. The van der Waals surface area contributed by atoms with Crippen molar-refractivity contribution in [3.05, 3.63) is 34.9 Å². The van der Waals surface area contributed by atoms with Gasteiger partial charge in [-0.05, 0) is 37.1 Å². The maximum atomic E-state index is 11.8. The van der Waals surface area contributed by atoms with Gasteiger partial charge in [-0.1, -0.05) is 30.2 Å². The van der Waals surface area contributed by atoms with Crippen LogP contribution >= 0.6 is 11.6 Å². The van der Waals surface area contributed by atoms with E-state index in [1.54, 1.807) is 0 Å². The van der Waals surface area contributed by atoms with E-state index in [0.717, 1.165) is 31.5 Å². The summed E-state index contributed by atoms with van der Waals surface area (Å²) in [6, 6.07) is 7.60. The predicted octanol–water partition coefficient (Wildman–Crippen LogP) is 2.28. The van der Waals surface area contributed by atoms with Gasteiger partial charge in [-0.15, -0.1) is 0 Å². The fourth-order valence-corrected chi connectivity index (χ4v) is 2.29. The van der Waals surface area contributed by atoms with Gasteiger partial charge in [-0.25, -0.2) is 4.79 Å². The van der Waals surface area contributed by atoms with Crippen LogP contribution < -0.4 is 16.0 Å². The van der Waals surface area contributed by atoms with Crippen molar-refractivity contribution in [1.82, 2.24) is 16.0 Å². The zero-order chi connectivity index (χ0) is 13.5. The van der Waals surface area contributed by atoms with Crippen LogP contribution in [0.4, 0.5) is 4.79 Å². The van der Waals surface area contributed by atoms with E-state index >= 15 is 0 Å². The second kappa shape index (κ2) is 7.36. The van der Waals surface area contributed by atoms with Crippen molar-refractivity contribution in [1.29, 1.82) is 0 Å². The highest BCUT2D eigenvalue weighted by molar-refractivity contribution is 6.30. The molecular weight excluding hydrogens is 262 g/mol. The summed E-state index contributed by atoms with van der Waals surface area (Å²) in [5, 5.41) is 9.90. The minimum atomic E-state index is -0.108. The van der Waals surface area contributed by atoms with Crippen LogP contribution in [0.3, 0.4) is 0 Å². The van der Waals surface area contributed by atoms with Gasteiger partial charge in [-0.2, -0.15) is 0 Å². The zero-order valence-corrected chi connectivity index (χ0v) is 11.7. The van der Waals surface area contributed by atoms with Gasteiger partial charge in [0.25, 0.3) is 0 Å². The Hall–Kier alpha value is -1.26. The minimum absolute atomic E-state index is 0.108. The smallest absolute Gasteiger partial charge is 0.315 e. The topological polar surface area (TPSA) is 53.2 Å². The maximum Gasteiger partial charge on any atom is 0.315 e. The maximum absolute atomic E-state index is 11.8. The van der Waals surface area contributed by atoms with Crippen molar-refractivity contribution in [3.63, 3.8) is 0 Å². The Morgan fingerprint density at radius 1 is 1.32 bits per heavy atom. The second-order valence-electron chi connectivity index (χ2n) is 4.85. The normalized spacial score (nSPS) is 19.5. The standard InChI is InChI=1S/C14H20ClN3O/c15-12-6-4-11(5-7-12)9-17-14(19)18-13-3-1-2-8-16-10-13/h4-7,13,16H,1-3,8-10H2,(H2,17,18,19). The summed E-state index contributed by atoms with van der Waals surface area (Å²) in [7, 11) is 0. The van der Waals surface area contributed by atoms with Gasteiger partial charge in [0.15, 0.2) is 0 Å². The molecule has 1 saturated heterocycles. The summed E-state index contributed by atoms with van der Waals surface area (Å²) in [5.74, 6) is 0. The van der Waals surface area contributed by atoms with E-state index in [9.17, 15) is 4.79 Å². The van der Waals surface area contributed by atoms with E-state index in [4.69, 9.17) is 11.6 Å². The van der Waals surface area contributed by atoms with Crippen molar-refractivity contribution in [2.75, 3.05) is 13.1 Å². The van der Waals surface area contributed by atoms with Crippen molar-refractivity contribution in [3.8, 4) is 0 Å². The molecular formula is C14H20ClN3O. The van der Waals surface area contributed by atoms with E-state index < -0.39 is 0 Å². The van der Waals surface area contributed by atoms with Gasteiger partial charge in [0.2, 0.25) is 0 Å². The predicted molar refractivity (Wildman–Crippen MR) is 77.3 cm³/mol. The molecule has 1 aliphatic heterocycles. The third-order valence-electron chi connectivity index (χ3n) is 3.25. The van der Waals surface area contributed by atoms with Crippen LogP contribution in [0.25, 0.3) is 0 Å². The number of hydrogen-bond donors (Lipinski definition) is 3. The number of carbonyl (C=O) groups excluding carboxylic acids is 1. The molecule has 0 saturated carbocycles. The molecule has 0 aliphatic carbocycles. The number of rotatable bonds is 3. The number of carbonyl (C=O) groups is 1. The number of nitrogens with one attached hydrogen (secondary N) is 3.